The molecule has 1 aliphatic rings. The summed E-state index contributed by atoms with van der Waals surface area (Å²) in [5, 5.41) is 6.38. The van der Waals surface area contributed by atoms with Crippen LogP contribution in [-0.2, 0) is 11.3 Å². The second-order valence-electron chi connectivity index (χ2n) is 6.88. The lowest BCUT2D eigenvalue weighted by Crippen LogP contribution is -2.43. The van der Waals surface area contributed by atoms with E-state index >= 15 is 0 Å². The number of hydrogen-bond acceptors (Lipinski definition) is 2. The number of nitrogens with zero attached hydrogens (tertiary/aromatic N) is 2. The van der Waals surface area contributed by atoms with Gasteiger partial charge in [0.1, 0.15) is 0 Å². The van der Waals surface area contributed by atoms with Gasteiger partial charge in [0, 0.05) is 39.6 Å². The van der Waals surface area contributed by atoms with Crippen molar-refractivity contribution in [3.05, 3.63) is 35.4 Å². The maximum atomic E-state index is 12.1. The minimum Gasteiger partial charge on any atom is -0.354 e. The van der Waals surface area contributed by atoms with Crippen LogP contribution >= 0.6 is 24.0 Å². The molecule has 2 N–H and O–H groups in total. The average molecular weight is 472 g/mol. The Morgan fingerprint density at radius 3 is 2.46 bits per heavy atom. The predicted octanol–water partition coefficient (Wildman–Crippen LogP) is 3.32. The summed E-state index contributed by atoms with van der Waals surface area (Å²) in [7, 11) is 3.82. The van der Waals surface area contributed by atoms with Crippen molar-refractivity contribution >= 4 is 35.8 Å². The Morgan fingerprint density at radius 2 is 1.81 bits per heavy atom. The number of nitrogens with one attached hydrogen (secondary N) is 2. The molecule has 0 unspecified atom stereocenters. The Labute approximate surface area is 175 Å². The molecular weight excluding hydrogens is 439 g/mol. The molecule has 1 aliphatic carbocycles. The molecule has 0 atom stereocenters. The van der Waals surface area contributed by atoms with E-state index in [1.54, 1.807) is 7.05 Å². The minimum atomic E-state index is 0. The van der Waals surface area contributed by atoms with Crippen LogP contribution in [0.4, 0.5) is 0 Å². The summed E-state index contributed by atoms with van der Waals surface area (Å²) in [5.74, 6) is 1.27. The van der Waals surface area contributed by atoms with Crippen molar-refractivity contribution in [1.82, 2.24) is 15.5 Å². The average Bonchev–Trinajstić information content (AvgIpc) is 2.64. The van der Waals surface area contributed by atoms with Crippen molar-refractivity contribution in [3.63, 3.8) is 0 Å². The molecule has 0 bridgehead atoms. The fourth-order valence-corrected chi connectivity index (χ4v) is 3.37. The summed E-state index contributed by atoms with van der Waals surface area (Å²) in [6.45, 7) is 4.25. The minimum absolute atomic E-state index is 0. The Balaban J connectivity index is 0.00000338. The third-order valence-corrected chi connectivity index (χ3v) is 4.93. The molecule has 2 rings (SSSR count). The molecule has 0 saturated heterocycles. The van der Waals surface area contributed by atoms with Crippen LogP contribution in [0.2, 0.25) is 0 Å². The van der Waals surface area contributed by atoms with E-state index in [2.05, 4.69) is 51.7 Å². The van der Waals surface area contributed by atoms with Gasteiger partial charge in [-0.2, -0.15) is 0 Å². The van der Waals surface area contributed by atoms with Crippen LogP contribution in [0.1, 0.15) is 43.2 Å². The molecular formula is C20H33IN4O. The summed E-state index contributed by atoms with van der Waals surface area (Å²) >= 11 is 0. The fourth-order valence-electron chi connectivity index (χ4n) is 3.37. The number of benzene rings is 1. The fraction of sp³-hybridized carbons (Fsp3) is 0.600. The molecule has 26 heavy (non-hydrogen) atoms. The quantitative estimate of drug-likeness (QED) is 0.289. The molecule has 6 heteroatoms. The Morgan fingerprint density at radius 1 is 1.15 bits per heavy atom. The lowest BCUT2D eigenvalue weighted by atomic mass is 9.89. The zero-order valence-electron chi connectivity index (χ0n) is 16.3. The lowest BCUT2D eigenvalue weighted by molar-refractivity contribution is -0.125. The highest BCUT2D eigenvalue weighted by Crippen LogP contribution is 2.23. The molecule has 0 spiro atoms. The molecule has 1 fully saturated rings. The zero-order valence-corrected chi connectivity index (χ0v) is 18.6. The van der Waals surface area contributed by atoms with Crippen LogP contribution in [0.3, 0.4) is 0 Å². The first-order valence-electron chi connectivity index (χ1n) is 9.36. The molecule has 1 aromatic carbocycles. The summed E-state index contributed by atoms with van der Waals surface area (Å²) in [6, 6.07) is 8.39. The van der Waals surface area contributed by atoms with Crippen molar-refractivity contribution in [1.29, 1.82) is 0 Å². The van der Waals surface area contributed by atoms with Crippen molar-refractivity contribution in [2.24, 2.45) is 10.9 Å². The summed E-state index contributed by atoms with van der Waals surface area (Å²) in [4.78, 5) is 18.6. The first-order valence-corrected chi connectivity index (χ1v) is 9.36. The van der Waals surface area contributed by atoms with Gasteiger partial charge in [-0.05, 0) is 30.9 Å². The van der Waals surface area contributed by atoms with Gasteiger partial charge in [0.2, 0.25) is 5.91 Å². The number of carbonyl (C=O) groups is 1. The third kappa shape index (κ3) is 7.13. The monoisotopic (exact) mass is 472 g/mol. The van der Waals surface area contributed by atoms with Gasteiger partial charge in [-0.15, -0.1) is 24.0 Å². The van der Waals surface area contributed by atoms with E-state index < -0.39 is 0 Å². The van der Waals surface area contributed by atoms with Crippen molar-refractivity contribution < 1.29 is 4.79 Å². The Bertz CT molecular complexity index is 585. The largest absolute Gasteiger partial charge is 0.354 e. The number of halogens is 1. The standard InChI is InChI=1S/C20H32N4O.HI/c1-16-9-7-8-12-18(16)15-24(3)20(21-2)23-14-13-22-19(25)17-10-5-4-6-11-17;/h7-9,12,17H,4-6,10-11,13-15H2,1-3H3,(H,21,23)(H,22,25);1H. The normalized spacial score (nSPS) is 15.1. The molecule has 0 heterocycles. The van der Waals surface area contributed by atoms with Gasteiger partial charge in [-0.3, -0.25) is 9.79 Å². The molecule has 0 aliphatic heterocycles. The van der Waals surface area contributed by atoms with Gasteiger partial charge in [-0.1, -0.05) is 43.5 Å². The molecule has 1 saturated carbocycles. The van der Waals surface area contributed by atoms with Crippen molar-refractivity contribution in [2.45, 2.75) is 45.6 Å². The Hall–Kier alpha value is -1.31. The van der Waals surface area contributed by atoms with Crippen LogP contribution in [0, 0.1) is 12.8 Å². The lowest BCUT2D eigenvalue weighted by Gasteiger charge is -2.24. The summed E-state index contributed by atoms with van der Waals surface area (Å²) < 4.78 is 0. The molecule has 1 aromatic rings. The number of hydrogen-bond donors (Lipinski definition) is 2. The van der Waals surface area contributed by atoms with Crippen LogP contribution in [0.25, 0.3) is 0 Å². The van der Waals surface area contributed by atoms with Gasteiger partial charge < -0.3 is 15.5 Å². The van der Waals surface area contributed by atoms with E-state index in [4.69, 9.17) is 0 Å². The summed E-state index contributed by atoms with van der Waals surface area (Å²) in [6.07, 6.45) is 5.73. The van der Waals surface area contributed by atoms with Gasteiger partial charge in [0.25, 0.3) is 0 Å². The highest BCUT2D eigenvalue weighted by atomic mass is 127. The van der Waals surface area contributed by atoms with E-state index in [1.807, 2.05) is 7.05 Å². The van der Waals surface area contributed by atoms with Gasteiger partial charge >= 0.3 is 0 Å². The van der Waals surface area contributed by atoms with E-state index in [0.29, 0.717) is 13.1 Å². The number of amides is 1. The van der Waals surface area contributed by atoms with Crippen molar-refractivity contribution in [2.75, 3.05) is 27.2 Å². The zero-order chi connectivity index (χ0) is 18.1. The molecule has 5 nitrogen and oxygen atoms in total. The number of guanidine groups is 1. The second kappa shape index (κ2) is 12.1. The number of carbonyl (C=O) groups excluding carboxylic acids is 1. The number of aliphatic imine (C=N–C) groups is 1. The van der Waals surface area contributed by atoms with E-state index in [1.165, 1.54) is 30.4 Å². The Kier molecular flexibility index (Phi) is 10.6. The third-order valence-electron chi connectivity index (χ3n) is 4.93. The smallest absolute Gasteiger partial charge is 0.223 e. The van der Waals surface area contributed by atoms with E-state index in [0.717, 1.165) is 25.3 Å². The van der Waals surface area contributed by atoms with Gasteiger partial charge in [-0.25, -0.2) is 0 Å². The second-order valence-corrected chi connectivity index (χ2v) is 6.88. The van der Waals surface area contributed by atoms with Crippen LogP contribution in [0.15, 0.2) is 29.3 Å². The highest BCUT2D eigenvalue weighted by molar-refractivity contribution is 14.0. The van der Waals surface area contributed by atoms with Crippen LogP contribution < -0.4 is 10.6 Å². The highest BCUT2D eigenvalue weighted by Gasteiger charge is 2.20. The van der Waals surface area contributed by atoms with Crippen LogP contribution in [-0.4, -0.2) is 44.0 Å². The van der Waals surface area contributed by atoms with Crippen molar-refractivity contribution in [3.8, 4) is 0 Å². The van der Waals surface area contributed by atoms with Gasteiger partial charge in [0.05, 0.1) is 0 Å². The van der Waals surface area contributed by atoms with Crippen LogP contribution in [0.5, 0.6) is 0 Å². The molecule has 0 radical (unpaired) electrons. The van der Waals surface area contributed by atoms with E-state index in [9.17, 15) is 4.79 Å². The van der Waals surface area contributed by atoms with E-state index in [-0.39, 0.29) is 35.8 Å². The number of rotatable bonds is 6. The molecule has 0 aromatic heterocycles. The first-order chi connectivity index (χ1) is 12.1. The maximum absolute atomic E-state index is 12.1. The predicted molar refractivity (Wildman–Crippen MR) is 119 cm³/mol. The van der Waals surface area contributed by atoms with Gasteiger partial charge in [0.15, 0.2) is 5.96 Å². The topological polar surface area (TPSA) is 56.7 Å². The molecule has 1 amide bonds. The first kappa shape index (κ1) is 22.7. The summed E-state index contributed by atoms with van der Waals surface area (Å²) in [5.41, 5.74) is 2.57. The SMILES string of the molecule is CN=C(NCCNC(=O)C1CCCCC1)N(C)Cc1ccccc1C.I. The number of aryl methyl sites for hydroxylation is 1. The molecule has 146 valence electrons. The maximum Gasteiger partial charge on any atom is 0.223 e.